The Morgan fingerprint density at radius 1 is 0.842 bits per heavy atom. The molecule has 0 aliphatic rings. The molecule has 1 N–H and O–H groups in total. The van der Waals surface area contributed by atoms with Crippen LogP contribution in [-0.4, -0.2) is 6.54 Å². The maximum atomic E-state index is 3.53. The van der Waals surface area contributed by atoms with Crippen LogP contribution in [-0.2, 0) is 12.0 Å². The van der Waals surface area contributed by atoms with Crippen LogP contribution in [0.1, 0.15) is 31.4 Å². The Labute approximate surface area is 116 Å². The molecule has 2 rings (SSSR count). The lowest BCUT2D eigenvalue weighted by atomic mass is 9.81. The van der Waals surface area contributed by atoms with Crippen molar-refractivity contribution in [3.8, 4) is 0 Å². The molecule has 2 aromatic rings. The Kier molecular flexibility index (Phi) is 4.75. The Hall–Kier alpha value is -1.60. The summed E-state index contributed by atoms with van der Waals surface area (Å²) in [5, 5.41) is 3.53. The molecular formula is C18H23N. The van der Waals surface area contributed by atoms with Crippen LogP contribution in [0.25, 0.3) is 0 Å². The lowest BCUT2D eigenvalue weighted by Crippen LogP contribution is -2.25. The highest BCUT2D eigenvalue weighted by atomic mass is 14.8. The fourth-order valence-corrected chi connectivity index (χ4v) is 2.26. The van der Waals surface area contributed by atoms with Gasteiger partial charge >= 0.3 is 0 Å². The Morgan fingerprint density at radius 3 is 2.05 bits per heavy atom. The van der Waals surface area contributed by atoms with E-state index in [-0.39, 0.29) is 5.41 Å². The molecule has 0 spiro atoms. The van der Waals surface area contributed by atoms with Gasteiger partial charge in [-0.25, -0.2) is 0 Å². The van der Waals surface area contributed by atoms with E-state index < -0.39 is 0 Å². The second-order valence-electron chi connectivity index (χ2n) is 5.66. The summed E-state index contributed by atoms with van der Waals surface area (Å²) in [6, 6.07) is 21.3. The summed E-state index contributed by atoms with van der Waals surface area (Å²) in [6.45, 7) is 6.61. The third kappa shape index (κ3) is 4.22. The average Bonchev–Trinajstić information content (AvgIpc) is 2.46. The van der Waals surface area contributed by atoms with Crippen LogP contribution in [0.3, 0.4) is 0 Å². The van der Waals surface area contributed by atoms with E-state index in [0.29, 0.717) is 0 Å². The molecule has 19 heavy (non-hydrogen) atoms. The molecule has 0 radical (unpaired) electrons. The molecule has 0 aliphatic heterocycles. The molecule has 1 heteroatoms. The van der Waals surface area contributed by atoms with Crippen LogP contribution < -0.4 is 5.32 Å². The first kappa shape index (κ1) is 13.8. The molecule has 0 saturated carbocycles. The molecule has 0 aromatic heterocycles. The van der Waals surface area contributed by atoms with Gasteiger partial charge in [0.15, 0.2) is 0 Å². The van der Waals surface area contributed by atoms with Crippen molar-refractivity contribution in [1.82, 2.24) is 5.32 Å². The lowest BCUT2D eigenvalue weighted by molar-refractivity contribution is 0.456. The molecule has 2 aromatic carbocycles. The minimum atomic E-state index is 0.227. The van der Waals surface area contributed by atoms with E-state index in [0.717, 1.165) is 19.5 Å². The van der Waals surface area contributed by atoms with Crippen molar-refractivity contribution in [3.63, 3.8) is 0 Å². The smallest absolute Gasteiger partial charge is 0.0205 e. The highest BCUT2D eigenvalue weighted by Crippen LogP contribution is 2.25. The largest absolute Gasteiger partial charge is 0.313 e. The van der Waals surface area contributed by atoms with Gasteiger partial charge < -0.3 is 5.32 Å². The quantitative estimate of drug-likeness (QED) is 0.763. The van der Waals surface area contributed by atoms with E-state index in [4.69, 9.17) is 0 Å². The van der Waals surface area contributed by atoms with Gasteiger partial charge in [0.05, 0.1) is 0 Å². The first-order valence-corrected chi connectivity index (χ1v) is 6.99. The highest BCUT2D eigenvalue weighted by molar-refractivity contribution is 5.23. The molecule has 0 saturated heterocycles. The van der Waals surface area contributed by atoms with E-state index in [1.54, 1.807) is 0 Å². The molecule has 0 amide bonds. The summed E-state index contributed by atoms with van der Waals surface area (Å²) in [7, 11) is 0. The van der Waals surface area contributed by atoms with Crippen LogP contribution in [0.15, 0.2) is 60.7 Å². The zero-order valence-electron chi connectivity index (χ0n) is 11.9. The molecular weight excluding hydrogens is 230 g/mol. The summed E-state index contributed by atoms with van der Waals surface area (Å²) in [5.74, 6) is 0. The second-order valence-corrected chi connectivity index (χ2v) is 5.66. The van der Waals surface area contributed by atoms with Crippen LogP contribution >= 0.6 is 0 Å². The third-order valence-corrected chi connectivity index (χ3v) is 3.65. The first-order chi connectivity index (χ1) is 9.18. The molecule has 0 fully saturated rings. The number of rotatable bonds is 6. The maximum absolute atomic E-state index is 3.53. The van der Waals surface area contributed by atoms with Gasteiger partial charge in [-0.2, -0.15) is 0 Å². The lowest BCUT2D eigenvalue weighted by Gasteiger charge is -2.25. The Morgan fingerprint density at radius 2 is 1.42 bits per heavy atom. The number of nitrogens with one attached hydrogen (secondary N) is 1. The number of hydrogen-bond donors (Lipinski definition) is 1. The molecule has 0 bridgehead atoms. The van der Waals surface area contributed by atoms with Crippen LogP contribution in [0.4, 0.5) is 0 Å². The zero-order chi connectivity index (χ0) is 13.6. The maximum Gasteiger partial charge on any atom is 0.0205 e. The third-order valence-electron chi connectivity index (χ3n) is 3.65. The van der Waals surface area contributed by atoms with E-state index in [9.17, 15) is 0 Å². The number of benzene rings is 2. The molecule has 0 aliphatic carbocycles. The minimum absolute atomic E-state index is 0.227. The zero-order valence-corrected chi connectivity index (χ0v) is 11.9. The van der Waals surface area contributed by atoms with E-state index in [1.165, 1.54) is 11.1 Å². The SMILES string of the molecule is CC(C)(CCNCc1ccccc1)c1ccccc1. The van der Waals surface area contributed by atoms with Gasteiger partial charge in [-0.1, -0.05) is 74.5 Å². The van der Waals surface area contributed by atoms with Gasteiger partial charge in [0.25, 0.3) is 0 Å². The second kappa shape index (κ2) is 6.53. The van der Waals surface area contributed by atoms with Gasteiger partial charge in [0.1, 0.15) is 0 Å². The highest BCUT2D eigenvalue weighted by Gasteiger charge is 2.19. The van der Waals surface area contributed by atoms with Crippen molar-refractivity contribution in [2.75, 3.05) is 6.54 Å². The van der Waals surface area contributed by atoms with Crippen molar-refractivity contribution < 1.29 is 0 Å². The van der Waals surface area contributed by atoms with Gasteiger partial charge in [0.2, 0.25) is 0 Å². The fourth-order valence-electron chi connectivity index (χ4n) is 2.26. The van der Waals surface area contributed by atoms with Crippen molar-refractivity contribution in [1.29, 1.82) is 0 Å². The van der Waals surface area contributed by atoms with Crippen molar-refractivity contribution in [2.24, 2.45) is 0 Å². The normalized spacial score (nSPS) is 11.5. The predicted molar refractivity (Wildman–Crippen MR) is 82.2 cm³/mol. The van der Waals surface area contributed by atoms with Crippen LogP contribution in [0.2, 0.25) is 0 Å². The van der Waals surface area contributed by atoms with E-state index in [2.05, 4.69) is 79.8 Å². The van der Waals surface area contributed by atoms with Gasteiger partial charge in [0, 0.05) is 6.54 Å². The predicted octanol–water partition coefficient (Wildman–Crippen LogP) is 4.14. The fraction of sp³-hybridized carbons (Fsp3) is 0.333. The topological polar surface area (TPSA) is 12.0 Å². The van der Waals surface area contributed by atoms with Crippen molar-refractivity contribution >= 4 is 0 Å². The average molecular weight is 253 g/mol. The molecule has 0 unspecified atom stereocenters. The molecule has 1 nitrogen and oxygen atoms in total. The van der Waals surface area contributed by atoms with Gasteiger partial charge in [-0.15, -0.1) is 0 Å². The summed E-state index contributed by atoms with van der Waals surface area (Å²) in [5.41, 5.74) is 2.99. The number of hydrogen-bond acceptors (Lipinski definition) is 1. The summed E-state index contributed by atoms with van der Waals surface area (Å²) in [6.07, 6.45) is 1.14. The monoisotopic (exact) mass is 253 g/mol. The van der Waals surface area contributed by atoms with Crippen LogP contribution in [0.5, 0.6) is 0 Å². The minimum Gasteiger partial charge on any atom is -0.313 e. The van der Waals surface area contributed by atoms with E-state index in [1.807, 2.05) is 0 Å². The standard InChI is InChI=1S/C18H23N/c1-18(2,17-11-7-4-8-12-17)13-14-19-15-16-9-5-3-6-10-16/h3-12,19H,13-15H2,1-2H3. The van der Waals surface area contributed by atoms with E-state index >= 15 is 0 Å². The van der Waals surface area contributed by atoms with Gasteiger partial charge in [-0.05, 0) is 29.5 Å². The Bertz CT molecular complexity index is 474. The van der Waals surface area contributed by atoms with Crippen LogP contribution in [0, 0.1) is 0 Å². The summed E-state index contributed by atoms with van der Waals surface area (Å²) in [4.78, 5) is 0. The first-order valence-electron chi connectivity index (χ1n) is 6.99. The summed E-state index contributed by atoms with van der Waals surface area (Å²) >= 11 is 0. The molecule has 0 atom stereocenters. The molecule has 0 heterocycles. The van der Waals surface area contributed by atoms with Crippen molar-refractivity contribution in [3.05, 3.63) is 71.8 Å². The summed E-state index contributed by atoms with van der Waals surface area (Å²) < 4.78 is 0. The molecule has 100 valence electrons. The van der Waals surface area contributed by atoms with Gasteiger partial charge in [-0.3, -0.25) is 0 Å². The van der Waals surface area contributed by atoms with Crippen molar-refractivity contribution in [2.45, 2.75) is 32.2 Å². The Balaban J connectivity index is 1.79.